The first kappa shape index (κ1) is 18.7. The van der Waals surface area contributed by atoms with E-state index in [1.807, 2.05) is 0 Å². The third-order valence-electron chi connectivity index (χ3n) is 3.44. The van der Waals surface area contributed by atoms with Crippen LogP contribution in [0.2, 0.25) is 0 Å². The fourth-order valence-electron chi connectivity index (χ4n) is 2.21. The maximum Gasteiger partial charge on any atom is -0.000473 e. The topological polar surface area (TPSA) is 12.0 Å². The average Bonchev–Trinajstić information content (AvgIpc) is 2.39. The molecule has 0 atom stereocenters. The van der Waals surface area contributed by atoms with Crippen LogP contribution in [0.25, 0.3) is 0 Å². The molecule has 0 radical (unpaired) electrons. The van der Waals surface area contributed by atoms with Crippen LogP contribution < -0.4 is 5.32 Å². The second-order valence-corrected chi connectivity index (χ2v) is 6.41. The lowest BCUT2D eigenvalue weighted by Crippen LogP contribution is -2.16. The van der Waals surface area contributed by atoms with E-state index in [1.165, 1.54) is 94.6 Å². The van der Waals surface area contributed by atoms with Crippen molar-refractivity contribution < 1.29 is 0 Å². The molecule has 0 bridgehead atoms. The van der Waals surface area contributed by atoms with Gasteiger partial charge in [0.05, 0.1) is 0 Å². The molecule has 0 spiro atoms. The summed E-state index contributed by atoms with van der Waals surface area (Å²) in [5, 5.41) is 3.57. The number of halogens is 1. The molecule has 0 aromatic heterocycles. The van der Waals surface area contributed by atoms with E-state index in [0.29, 0.717) is 0 Å². The van der Waals surface area contributed by atoms with Gasteiger partial charge in [-0.3, -0.25) is 0 Å². The lowest BCUT2D eigenvalue weighted by atomic mass is 10.1. The van der Waals surface area contributed by atoms with Crippen molar-refractivity contribution in [1.82, 2.24) is 5.32 Å². The first-order valence-electron chi connectivity index (χ1n) is 8.18. The monoisotopic (exact) mass is 367 g/mol. The highest BCUT2D eigenvalue weighted by molar-refractivity contribution is 14.1. The first-order valence-corrected chi connectivity index (χ1v) is 9.71. The minimum absolute atomic E-state index is 1.23. The molecule has 0 fully saturated rings. The summed E-state index contributed by atoms with van der Waals surface area (Å²) in [6, 6.07) is 0. The fourth-order valence-corrected chi connectivity index (χ4v) is 2.75. The smallest absolute Gasteiger partial charge is 0.000473 e. The summed E-state index contributed by atoms with van der Waals surface area (Å²) in [6.07, 6.45) is 17.0. The van der Waals surface area contributed by atoms with Gasteiger partial charge in [-0.05, 0) is 36.8 Å². The van der Waals surface area contributed by atoms with E-state index in [1.54, 1.807) is 0 Å². The van der Waals surface area contributed by atoms with Crippen molar-refractivity contribution in [2.24, 2.45) is 0 Å². The van der Waals surface area contributed by atoms with Crippen LogP contribution in [0.15, 0.2) is 0 Å². The zero-order valence-electron chi connectivity index (χ0n) is 12.5. The highest BCUT2D eigenvalue weighted by Gasteiger charge is 1.92. The van der Waals surface area contributed by atoms with Crippen LogP contribution in [0.4, 0.5) is 0 Å². The standard InChI is InChI=1S/C16H34IN/c1-2-3-4-5-6-7-9-12-15-18-16-13-10-8-11-14-17/h18H,2-16H2,1H3. The van der Waals surface area contributed by atoms with Gasteiger partial charge in [-0.1, -0.05) is 87.3 Å². The Bertz CT molecular complexity index is 123. The molecule has 0 aromatic carbocycles. The predicted octanol–water partition coefficient (Wildman–Crippen LogP) is 5.71. The molecule has 18 heavy (non-hydrogen) atoms. The average molecular weight is 367 g/mol. The Morgan fingerprint density at radius 3 is 1.56 bits per heavy atom. The molecule has 0 aliphatic heterocycles. The van der Waals surface area contributed by atoms with E-state index in [4.69, 9.17) is 0 Å². The van der Waals surface area contributed by atoms with Gasteiger partial charge in [0.25, 0.3) is 0 Å². The molecule has 0 unspecified atom stereocenters. The normalized spacial score (nSPS) is 11.0. The van der Waals surface area contributed by atoms with E-state index in [-0.39, 0.29) is 0 Å². The molecular formula is C16H34IN. The van der Waals surface area contributed by atoms with Gasteiger partial charge in [0, 0.05) is 0 Å². The highest BCUT2D eigenvalue weighted by atomic mass is 127. The number of alkyl halides is 1. The van der Waals surface area contributed by atoms with Gasteiger partial charge in [-0.15, -0.1) is 0 Å². The van der Waals surface area contributed by atoms with Crippen LogP contribution in [0.3, 0.4) is 0 Å². The molecule has 0 amide bonds. The predicted molar refractivity (Wildman–Crippen MR) is 92.8 cm³/mol. The van der Waals surface area contributed by atoms with E-state index in [0.717, 1.165) is 0 Å². The first-order chi connectivity index (χ1) is 8.91. The Labute approximate surface area is 129 Å². The van der Waals surface area contributed by atoms with Gasteiger partial charge in [0.15, 0.2) is 0 Å². The van der Waals surface area contributed by atoms with Gasteiger partial charge >= 0.3 is 0 Å². The largest absolute Gasteiger partial charge is 0.317 e. The Morgan fingerprint density at radius 2 is 1.06 bits per heavy atom. The maximum absolute atomic E-state index is 3.57. The lowest BCUT2D eigenvalue weighted by molar-refractivity contribution is 0.543. The molecule has 0 heterocycles. The van der Waals surface area contributed by atoms with Crippen LogP contribution in [-0.2, 0) is 0 Å². The summed E-state index contributed by atoms with van der Waals surface area (Å²) in [6.45, 7) is 4.76. The van der Waals surface area contributed by atoms with Crippen molar-refractivity contribution in [3.63, 3.8) is 0 Å². The van der Waals surface area contributed by atoms with Gasteiger partial charge < -0.3 is 5.32 Å². The van der Waals surface area contributed by atoms with Gasteiger partial charge in [0.2, 0.25) is 0 Å². The van der Waals surface area contributed by atoms with Crippen LogP contribution >= 0.6 is 22.6 Å². The molecule has 0 aliphatic rings. The van der Waals surface area contributed by atoms with Crippen LogP contribution in [0, 0.1) is 0 Å². The molecular weight excluding hydrogens is 333 g/mol. The van der Waals surface area contributed by atoms with Crippen LogP contribution in [0.5, 0.6) is 0 Å². The Kier molecular flexibility index (Phi) is 18.4. The molecule has 0 saturated carbocycles. The van der Waals surface area contributed by atoms with E-state index < -0.39 is 0 Å². The third-order valence-corrected chi connectivity index (χ3v) is 4.21. The fraction of sp³-hybridized carbons (Fsp3) is 1.00. The zero-order chi connectivity index (χ0) is 13.3. The second-order valence-electron chi connectivity index (χ2n) is 5.33. The minimum atomic E-state index is 1.23. The van der Waals surface area contributed by atoms with Crippen LogP contribution in [-0.4, -0.2) is 17.5 Å². The van der Waals surface area contributed by atoms with Crippen molar-refractivity contribution >= 4 is 22.6 Å². The molecule has 110 valence electrons. The zero-order valence-corrected chi connectivity index (χ0v) is 14.6. The highest BCUT2D eigenvalue weighted by Crippen LogP contribution is 2.08. The summed E-state index contributed by atoms with van der Waals surface area (Å²) < 4.78 is 1.32. The minimum Gasteiger partial charge on any atom is -0.317 e. The molecule has 2 heteroatoms. The molecule has 1 N–H and O–H groups in total. The molecule has 0 saturated heterocycles. The number of rotatable bonds is 15. The third kappa shape index (κ3) is 16.7. The number of hydrogen-bond acceptors (Lipinski definition) is 1. The Hall–Kier alpha value is 0.690. The second kappa shape index (κ2) is 17.7. The lowest BCUT2D eigenvalue weighted by Gasteiger charge is -2.04. The molecule has 0 aliphatic carbocycles. The maximum atomic E-state index is 3.57. The Morgan fingerprint density at radius 1 is 0.611 bits per heavy atom. The summed E-state index contributed by atoms with van der Waals surface area (Å²) in [7, 11) is 0. The van der Waals surface area contributed by atoms with E-state index in [9.17, 15) is 0 Å². The summed E-state index contributed by atoms with van der Waals surface area (Å²) in [5.41, 5.74) is 0. The number of nitrogens with one attached hydrogen (secondary N) is 1. The van der Waals surface area contributed by atoms with Gasteiger partial charge in [-0.25, -0.2) is 0 Å². The van der Waals surface area contributed by atoms with Crippen molar-refractivity contribution in [3.05, 3.63) is 0 Å². The van der Waals surface area contributed by atoms with Crippen LogP contribution in [0.1, 0.15) is 84.0 Å². The van der Waals surface area contributed by atoms with Crippen molar-refractivity contribution in [1.29, 1.82) is 0 Å². The quantitative estimate of drug-likeness (QED) is 0.222. The van der Waals surface area contributed by atoms with Crippen molar-refractivity contribution in [2.75, 3.05) is 17.5 Å². The van der Waals surface area contributed by atoms with Crippen molar-refractivity contribution in [2.45, 2.75) is 84.0 Å². The SMILES string of the molecule is CCCCCCCCCCNCCCCCCI. The summed E-state index contributed by atoms with van der Waals surface area (Å²) in [5.74, 6) is 0. The molecule has 0 rings (SSSR count). The number of unbranched alkanes of at least 4 members (excludes halogenated alkanes) is 10. The van der Waals surface area contributed by atoms with Gasteiger partial charge in [-0.2, -0.15) is 0 Å². The van der Waals surface area contributed by atoms with Gasteiger partial charge in [0.1, 0.15) is 0 Å². The molecule has 0 aromatic rings. The van der Waals surface area contributed by atoms with E-state index in [2.05, 4.69) is 34.8 Å². The van der Waals surface area contributed by atoms with Crippen molar-refractivity contribution in [3.8, 4) is 0 Å². The molecule has 1 nitrogen and oxygen atoms in total. The number of hydrogen-bond donors (Lipinski definition) is 1. The summed E-state index contributed by atoms with van der Waals surface area (Å²) in [4.78, 5) is 0. The Balaban J connectivity index is 2.86. The summed E-state index contributed by atoms with van der Waals surface area (Å²) >= 11 is 2.47. The van der Waals surface area contributed by atoms with E-state index >= 15 is 0 Å².